The van der Waals surface area contributed by atoms with Gasteiger partial charge in [-0.15, -0.1) is 0 Å². The van der Waals surface area contributed by atoms with Crippen molar-refractivity contribution in [2.75, 3.05) is 10.2 Å². The molecule has 6 rings (SSSR count). The first-order valence-corrected chi connectivity index (χ1v) is 10.2. The Kier molecular flexibility index (Phi) is 4.08. The molecule has 2 bridgehead atoms. The number of para-hydroxylation sites is 1. The van der Waals surface area contributed by atoms with Crippen LogP contribution in [-0.4, -0.2) is 16.0 Å². The van der Waals surface area contributed by atoms with Gasteiger partial charge in [0.15, 0.2) is 0 Å². The van der Waals surface area contributed by atoms with Crippen molar-refractivity contribution in [3.8, 4) is 0 Å². The van der Waals surface area contributed by atoms with Crippen LogP contribution in [0, 0.1) is 12.8 Å². The number of nitrogens with zero attached hydrogens (tertiary/aromatic N) is 3. The maximum Gasteiger partial charge on any atom is 0.225 e. The molecule has 0 spiro atoms. The first kappa shape index (κ1) is 17.2. The van der Waals surface area contributed by atoms with Crippen LogP contribution < -0.4 is 10.2 Å². The fourth-order valence-corrected chi connectivity index (χ4v) is 4.69. The lowest BCUT2D eigenvalue weighted by molar-refractivity contribution is 0.208. The smallest absolute Gasteiger partial charge is 0.225 e. The highest BCUT2D eigenvalue weighted by Crippen LogP contribution is 2.56. The Balaban J connectivity index is 1.44. The molecule has 1 fully saturated rings. The summed E-state index contributed by atoms with van der Waals surface area (Å²) in [7, 11) is 0. The van der Waals surface area contributed by atoms with E-state index in [9.17, 15) is 0 Å². The average molecular weight is 371 g/mol. The van der Waals surface area contributed by atoms with Crippen LogP contribution in [0.3, 0.4) is 0 Å². The number of aromatic nitrogens is 2. The monoisotopic (exact) mass is 370 g/mol. The van der Waals surface area contributed by atoms with Crippen molar-refractivity contribution in [1.82, 2.24) is 9.97 Å². The lowest BCUT2D eigenvalue weighted by atomic mass is 9.63. The summed E-state index contributed by atoms with van der Waals surface area (Å²) in [5, 5.41) is 3.47. The largest absolute Gasteiger partial charge is 0.348 e. The highest BCUT2D eigenvalue weighted by atomic mass is 15.3. The zero-order chi connectivity index (χ0) is 19.3. The third-order valence-electron chi connectivity index (χ3n) is 6.48. The topological polar surface area (TPSA) is 41.1 Å². The van der Waals surface area contributed by atoms with Gasteiger partial charge in [0.25, 0.3) is 0 Å². The predicted octanol–water partition coefficient (Wildman–Crippen LogP) is 5.60. The Hall–Kier alpha value is -2.88. The van der Waals surface area contributed by atoms with Crippen molar-refractivity contribution in [1.29, 1.82) is 0 Å². The van der Waals surface area contributed by atoms with Crippen LogP contribution in [0.2, 0.25) is 0 Å². The van der Waals surface area contributed by atoms with Gasteiger partial charge in [0, 0.05) is 17.9 Å². The van der Waals surface area contributed by atoms with Crippen molar-refractivity contribution < 1.29 is 0 Å². The Bertz CT molecular complexity index is 997. The summed E-state index contributed by atoms with van der Waals surface area (Å²) in [6.07, 6.45) is 3.08. The van der Waals surface area contributed by atoms with Gasteiger partial charge in [0.05, 0.1) is 6.04 Å². The Morgan fingerprint density at radius 1 is 1.07 bits per heavy atom. The summed E-state index contributed by atoms with van der Waals surface area (Å²) in [6.45, 7) is 6.62. The van der Waals surface area contributed by atoms with Crippen molar-refractivity contribution >= 4 is 17.5 Å². The second-order valence-corrected chi connectivity index (χ2v) is 8.21. The van der Waals surface area contributed by atoms with E-state index < -0.39 is 0 Å². The normalized spacial score (nSPS) is 23.5. The van der Waals surface area contributed by atoms with Crippen molar-refractivity contribution in [3.63, 3.8) is 0 Å². The molecule has 3 aliphatic rings. The molecule has 4 heteroatoms. The van der Waals surface area contributed by atoms with Crippen LogP contribution >= 0.6 is 0 Å². The third kappa shape index (κ3) is 2.75. The molecule has 4 nitrogen and oxygen atoms in total. The zero-order valence-corrected chi connectivity index (χ0v) is 16.6. The molecule has 4 atom stereocenters. The summed E-state index contributed by atoms with van der Waals surface area (Å²) >= 11 is 0. The molecule has 2 aliphatic heterocycles. The van der Waals surface area contributed by atoms with Gasteiger partial charge in [-0.05, 0) is 55.4 Å². The number of aryl methyl sites for hydroxylation is 1. The van der Waals surface area contributed by atoms with E-state index in [1.807, 2.05) is 12.3 Å². The minimum atomic E-state index is 0.150. The predicted molar refractivity (Wildman–Crippen MR) is 114 cm³/mol. The maximum absolute atomic E-state index is 4.89. The molecule has 3 aromatic rings. The van der Waals surface area contributed by atoms with E-state index in [-0.39, 0.29) is 6.04 Å². The fourth-order valence-electron chi connectivity index (χ4n) is 4.69. The molecule has 1 saturated carbocycles. The van der Waals surface area contributed by atoms with Crippen molar-refractivity contribution in [3.05, 3.63) is 77.5 Å². The van der Waals surface area contributed by atoms with Crippen LogP contribution in [0.5, 0.6) is 0 Å². The molecular weight excluding hydrogens is 344 g/mol. The molecule has 3 unspecified atom stereocenters. The average Bonchev–Trinajstić information content (AvgIpc) is 2.73. The van der Waals surface area contributed by atoms with Crippen LogP contribution in [0.15, 0.2) is 60.8 Å². The Morgan fingerprint density at radius 2 is 1.86 bits per heavy atom. The summed E-state index contributed by atoms with van der Waals surface area (Å²) in [5.74, 6) is 3.01. The molecule has 3 heterocycles. The molecule has 1 aromatic heterocycles. The number of nitrogens with one attached hydrogen (secondary N) is 1. The standard InChI is InChI=1S/C24H26N4/c1-15-8-10-18(11-9-15)17(3)26-24-25-13-12-23(27-24)28-21-7-5-4-6-19(21)20-14-22(28)16(20)2/h4-13,16-17,20,22H,14H2,1-3H3,(H,25,26,27)/t16?,17-,20?,22?/m0/s1. The maximum atomic E-state index is 4.89. The van der Waals surface area contributed by atoms with Gasteiger partial charge in [0.2, 0.25) is 5.95 Å². The van der Waals surface area contributed by atoms with E-state index >= 15 is 0 Å². The molecule has 0 radical (unpaired) electrons. The quantitative estimate of drug-likeness (QED) is 0.649. The molecule has 0 saturated heterocycles. The first-order chi connectivity index (χ1) is 13.6. The van der Waals surface area contributed by atoms with Gasteiger partial charge in [-0.2, -0.15) is 4.98 Å². The molecule has 0 amide bonds. The summed E-state index contributed by atoms with van der Waals surface area (Å²) in [4.78, 5) is 11.8. The van der Waals surface area contributed by atoms with E-state index in [1.165, 1.54) is 28.8 Å². The third-order valence-corrected chi connectivity index (χ3v) is 6.48. The van der Waals surface area contributed by atoms with Crippen LogP contribution in [-0.2, 0) is 0 Å². The van der Waals surface area contributed by atoms with Gasteiger partial charge in [-0.1, -0.05) is 55.0 Å². The first-order valence-electron chi connectivity index (χ1n) is 10.2. The van der Waals surface area contributed by atoms with Crippen LogP contribution in [0.1, 0.15) is 48.9 Å². The fraction of sp³-hybridized carbons (Fsp3) is 0.333. The van der Waals surface area contributed by atoms with E-state index in [2.05, 4.69) is 84.5 Å². The number of hydrogen-bond acceptors (Lipinski definition) is 4. The second-order valence-electron chi connectivity index (χ2n) is 8.21. The van der Waals surface area contributed by atoms with Gasteiger partial charge in [-0.25, -0.2) is 4.98 Å². The van der Waals surface area contributed by atoms with Gasteiger partial charge in [0.1, 0.15) is 5.82 Å². The van der Waals surface area contributed by atoms with E-state index in [0.29, 0.717) is 23.8 Å². The number of hydrogen-bond donors (Lipinski definition) is 1. The van der Waals surface area contributed by atoms with Gasteiger partial charge >= 0.3 is 0 Å². The highest BCUT2D eigenvalue weighted by molar-refractivity contribution is 5.70. The molecule has 142 valence electrons. The number of rotatable bonds is 4. The lowest BCUT2D eigenvalue weighted by Gasteiger charge is -2.55. The zero-order valence-electron chi connectivity index (χ0n) is 16.6. The summed E-state index contributed by atoms with van der Waals surface area (Å²) in [6, 6.07) is 20.1. The minimum Gasteiger partial charge on any atom is -0.348 e. The Morgan fingerprint density at radius 3 is 2.64 bits per heavy atom. The lowest BCUT2D eigenvalue weighted by Crippen LogP contribution is -2.53. The van der Waals surface area contributed by atoms with E-state index in [1.54, 1.807) is 0 Å². The SMILES string of the molecule is Cc1ccc([C@H](C)Nc2nccc(N3c4ccccc4C4CC3C4C)n2)cc1. The molecular formula is C24H26N4. The van der Waals surface area contributed by atoms with Crippen molar-refractivity contribution in [2.45, 2.75) is 45.2 Å². The van der Waals surface area contributed by atoms with Crippen molar-refractivity contribution in [2.24, 2.45) is 5.92 Å². The minimum absolute atomic E-state index is 0.150. The molecule has 1 N–H and O–H groups in total. The van der Waals surface area contributed by atoms with Gasteiger partial charge < -0.3 is 10.2 Å². The second kappa shape index (κ2) is 6.62. The molecule has 28 heavy (non-hydrogen) atoms. The summed E-state index contributed by atoms with van der Waals surface area (Å²) in [5.41, 5.74) is 5.26. The van der Waals surface area contributed by atoms with Crippen LogP contribution in [0.25, 0.3) is 0 Å². The number of anilines is 3. The summed E-state index contributed by atoms with van der Waals surface area (Å²) < 4.78 is 0. The van der Waals surface area contributed by atoms with Gasteiger partial charge in [-0.3, -0.25) is 0 Å². The molecule has 2 aromatic carbocycles. The van der Waals surface area contributed by atoms with E-state index in [4.69, 9.17) is 4.98 Å². The Labute approximate surface area is 166 Å². The highest BCUT2D eigenvalue weighted by Gasteiger charge is 2.48. The molecule has 1 aliphatic carbocycles. The van der Waals surface area contributed by atoms with E-state index in [0.717, 1.165) is 5.82 Å². The van der Waals surface area contributed by atoms with Crippen LogP contribution in [0.4, 0.5) is 17.5 Å². The number of benzene rings is 2.